The van der Waals surface area contributed by atoms with Crippen molar-refractivity contribution in [3.05, 3.63) is 65.7 Å². The summed E-state index contributed by atoms with van der Waals surface area (Å²) in [6, 6.07) is 18.3. The Labute approximate surface area is 154 Å². The lowest BCUT2D eigenvalue weighted by Crippen LogP contribution is -2.41. The molecular formula is C20H24N2O2S. The zero-order chi connectivity index (χ0) is 17.5. The first kappa shape index (κ1) is 17.7. The summed E-state index contributed by atoms with van der Waals surface area (Å²) in [5.41, 5.74) is 2.29. The zero-order valence-electron chi connectivity index (χ0n) is 14.4. The molecule has 2 N–H and O–H groups in total. The van der Waals surface area contributed by atoms with Crippen LogP contribution in [0, 0.1) is 0 Å². The molecular weight excluding hydrogens is 332 g/mol. The number of thiocarbonyl (C=S) groups is 1. The van der Waals surface area contributed by atoms with Crippen molar-refractivity contribution in [3.8, 4) is 5.75 Å². The van der Waals surface area contributed by atoms with Crippen molar-refractivity contribution < 1.29 is 9.47 Å². The fourth-order valence-electron chi connectivity index (χ4n) is 2.99. The largest absolute Gasteiger partial charge is 0.497 e. The summed E-state index contributed by atoms with van der Waals surface area (Å²) in [5, 5.41) is 7.36. The molecule has 25 heavy (non-hydrogen) atoms. The zero-order valence-corrected chi connectivity index (χ0v) is 15.2. The SMILES string of the molecule is COc1ccc([C@H](NC(=S)NC[C@H]2CCCO2)c2ccccc2)cc1. The van der Waals surface area contributed by atoms with Gasteiger partial charge in [0.1, 0.15) is 5.75 Å². The van der Waals surface area contributed by atoms with Crippen LogP contribution >= 0.6 is 12.2 Å². The van der Waals surface area contributed by atoms with E-state index in [4.69, 9.17) is 21.7 Å². The fourth-order valence-corrected chi connectivity index (χ4v) is 3.20. The molecule has 2 atom stereocenters. The van der Waals surface area contributed by atoms with Crippen LogP contribution < -0.4 is 15.4 Å². The van der Waals surface area contributed by atoms with Gasteiger partial charge < -0.3 is 20.1 Å². The van der Waals surface area contributed by atoms with Crippen LogP contribution in [0.1, 0.15) is 30.0 Å². The molecule has 2 aromatic carbocycles. The highest BCUT2D eigenvalue weighted by Crippen LogP contribution is 2.24. The molecule has 1 saturated heterocycles. The van der Waals surface area contributed by atoms with Gasteiger partial charge in [-0.15, -0.1) is 0 Å². The van der Waals surface area contributed by atoms with Gasteiger partial charge >= 0.3 is 0 Å². The van der Waals surface area contributed by atoms with Gasteiger partial charge in [-0.05, 0) is 48.3 Å². The summed E-state index contributed by atoms with van der Waals surface area (Å²) in [5.74, 6) is 0.842. The van der Waals surface area contributed by atoms with Gasteiger partial charge in [-0.3, -0.25) is 0 Å². The average Bonchev–Trinajstić information content (AvgIpc) is 3.19. The highest BCUT2D eigenvalue weighted by molar-refractivity contribution is 7.80. The molecule has 2 aromatic rings. The van der Waals surface area contributed by atoms with E-state index in [1.165, 1.54) is 0 Å². The molecule has 1 aliphatic rings. The Bertz CT molecular complexity index is 670. The Balaban J connectivity index is 1.70. The Hall–Kier alpha value is -2.11. The van der Waals surface area contributed by atoms with E-state index in [0.717, 1.165) is 42.9 Å². The van der Waals surface area contributed by atoms with E-state index in [1.807, 2.05) is 30.3 Å². The van der Waals surface area contributed by atoms with Crippen LogP contribution in [0.15, 0.2) is 54.6 Å². The first-order valence-electron chi connectivity index (χ1n) is 8.61. The molecule has 4 nitrogen and oxygen atoms in total. The fraction of sp³-hybridized carbons (Fsp3) is 0.350. The highest BCUT2D eigenvalue weighted by Gasteiger charge is 2.18. The van der Waals surface area contributed by atoms with Gasteiger partial charge in [-0.2, -0.15) is 0 Å². The van der Waals surface area contributed by atoms with E-state index in [2.05, 4.69) is 34.9 Å². The van der Waals surface area contributed by atoms with Crippen molar-refractivity contribution in [1.82, 2.24) is 10.6 Å². The Morgan fingerprint density at radius 1 is 1.16 bits per heavy atom. The van der Waals surface area contributed by atoms with Crippen LogP contribution in [-0.2, 0) is 4.74 Å². The number of rotatable bonds is 6. The van der Waals surface area contributed by atoms with Gasteiger partial charge in [0.15, 0.2) is 5.11 Å². The number of hydrogen-bond acceptors (Lipinski definition) is 3. The molecule has 0 aromatic heterocycles. The maximum absolute atomic E-state index is 5.64. The van der Waals surface area contributed by atoms with E-state index in [1.54, 1.807) is 7.11 Å². The number of nitrogens with one attached hydrogen (secondary N) is 2. The third kappa shape index (κ3) is 4.94. The number of ether oxygens (including phenoxy) is 2. The Kier molecular flexibility index (Phi) is 6.25. The maximum Gasteiger partial charge on any atom is 0.167 e. The number of hydrogen-bond donors (Lipinski definition) is 2. The summed E-state index contributed by atoms with van der Waals surface area (Å²) in [7, 11) is 1.67. The van der Waals surface area contributed by atoms with E-state index in [-0.39, 0.29) is 12.1 Å². The standard InChI is InChI=1S/C20H24N2O2S/c1-23-17-11-9-16(10-12-17)19(15-6-3-2-4-7-15)22-20(25)21-14-18-8-5-13-24-18/h2-4,6-7,9-12,18-19H,5,8,13-14H2,1H3,(H2,21,22,25)/t18-,19-/m1/s1. The second-order valence-corrected chi connectivity index (χ2v) is 6.51. The number of benzene rings is 2. The van der Waals surface area contributed by atoms with E-state index >= 15 is 0 Å². The van der Waals surface area contributed by atoms with Crippen molar-refractivity contribution in [1.29, 1.82) is 0 Å². The minimum Gasteiger partial charge on any atom is -0.497 e. The van der Waals surface area contributed by atoms with E-state index < -0.39 is 0 Å². The minimum atomic E-state index is -0.0170. The molecule has 5 heteroatoms. The second kappa shape index (κ2) is 8.83. The quantitative estimate of drug-likeness (QED) is 0.776. The lowest BCUT2D eigenvalue weighted by atomic mass is 9.99. The molecule has 3 rings (SSSR count). The van der Waals surface area contributed by atoms with Gasteiger partial charge in [-0.1, -0.05) is 42.5 Å². The Morgan fingerprint density at radius 3 is 2.52 bits per heavy atom. The second-order valence-electron chi connectivity index (χ2n) is 6.11. The van der Waals surface area contributed by atoms with Crippen molar-refractivity contribution in [2.75, 3.05) is 20.3 Å². The molecule has 132 valence electrons. The predicted octanol–water partition coefficient (Wildman–Crippen LogP) is 3.43. The topological polar surface area (TPSA) is 42.5 Å². The lowest BCUT2D eigenvalue weighted by Gasteiger charge is -2.23. The number of methoxy groups -OCH3 is 1. The van der Waals surface area contributed by atoms with Gasteiger partial charge in [-0.25, -0.2) is 0 Å². The smallest absolute Gasteiger partial charge is 0.167 e. The highest BCUT2D eigenvalue weighted by atomic mass is 32.1. The first-order chi connectivity index (χ1) is 12.3. The van der Waals surface area contributed by atoms with Crippen molar-refractivity contribution in [2.24, 2.45) is 0 Å². The third-order valence-electron chi connectivity index (χ3n) is 4.37. The molecule has 0 spiro atoms. The summed E-state index contributed by atoms with van der Waals surface area (Å²) < 4.78 is 10.9. The molecule has 0 saturated carbocycles. The van der Waals surface area contributed by atoms with Crippen LogP contribution in [0.3, 0.4) is 0 Å². The normalized spacial score (nSPS) is 17.7. The monoisotopic (exact) mass is 356 g/mol. The Morgan fingerprint density at radius 2 is 1.88 bits per heavy atom. The maximum atomic E-state index is 5.64. The molecule has 0 radical (unpaired) electrons. The molecule has 1 aliphatic heterocycles. The van der Waals surface area contributed by atoms with Crippen LogP contribution in [0.25, 0.3) is 0 Å². The molecule has 0 bridgehead atoms. The van der Waals surface area contributed by atoms with Crippen LogP contribution in [0.5, 0.6) is 5.75 Å². The minimum absolute atomic E-state index is 0.0170. The van der Waals surface area contributed by atoms with Gasteiger partial charge in [0.05, 0.1) is 19.3 Å². The van der Waals surface area contributed by atoms with Crippen molar-refractivity contribution in [3.63, 3.8) is 0 Å². The molecule has 0 aliphatic carbocycles. The van der Waals surface area contributed by atoms with Gasteiger partial charge in [0.25, 0.3) is 0 Å². The summed E-state index contributed by atoms with van der Waals surface area (Å²) in [6.45, 7) is 1.60. The summed E-state index contributed by atoms with van der Waals surface area (Å²) in [6.07, 6.45) is 2.48. The van der Waals surface area contributed by atoms with Crippen molar-refractivity contribution in [2.45, 2.75) is 25.0 Å². The van der Waals surface area contributed by atoms with Crippen LogP contribution in [-0.4, -0.2) is 31.5 Å². The third-order valence-corrected chi connectivity index (χ3v) is 4.63. The summed E-state index contributed by atoms with van der Waals surface area (Å²) in [4.78, 5) is 0. The molecule has 0 unspecified atom stereocenters. The first-order valence-corrected chi connectivity index (χ1v) is 9.02. The molecule has 1 heterocycles. The van der Waals surface area contributed by atoms with E-state index in [9.17, 15) is 0 Å². The average molecular weight is 356 g/mol. The van der Waals surface area contributed by atoms with Crippen LogP contribution in [0.4, 0.5) is 0 Å². The van der Waals surface area contributed by atoms with Gasteiger partial charge in [0.2, 0.25) is 0 Å². The molecule has 0 amide bonds. The molecule has 1 fully saturated rings. The van der Waals surface area contributed by atoms with Crippen molar-refractivity contribution >= 4 is 17.3 Å². The van der Waals surface area contributed by atoms with Gasteiger partial charge in [0, 0.05) is 13.2 Å². The summed E-state index contributed by atoms with van der Waals surface area (Å²) >= 11 is 5.51. The van der Waals surface area contributed by atoms with E-state index in [0.29, 0.717) is 5.11 Å². The lowest BCUT2D eigenvalue weighted by molar-refractivity contribution is 0.114. The predicted molar refractivity (Wildman–Crippen MR) is 104 cm³/mol. The van der Waals surface area contributed by atoms with Crippen LogP contribution in [0.2, 0.25) is 0 Å².